The number of nitrogens with one attached hydrogen (secondary N) is 2. The van der Waals surface area contributed by atoms with Crippen molar-refractivity contribution >= 4 is 11.9 Å². The van der Waals surface area contributed by atoms with Crippen molar-refractivity contribution in [3.8, 4) is 0 Å². The van der Waals surface area contributed by atoms with Crippen LogP contribution in [0.1, 0.15) is 32.8 Å². The Bertz CT molecular complexity index is 568. The van der Waals surface area contributed by atoms with Gasteiger partial charge in [0.1, 0.15) is 5.54 Å². The van der Waals surface area contributed by atoms with Crippen molar-refractivity contribution in [2.24, 2.45) is 0 Å². The van der Waals surface area contributed by atoms with E-state index in [1.807, 2.05) is 24.1 Å². The number of hydrogen-bond donors (Lipinski definition) is 2. The van der Waals surface area contributed by atoms with E-state index in [4.69, 9.17) is 0 Å². The van der Waals surface area contributed by atoms with Gasteiger partial charge in [-0.05, 0) is 31.9 Å². The van der Waals surface area contributed by atoms with E-state index in [-0.39, 0.29) is 11.9 Å². The number of urea groups is 1. The summed E-state index contributed by atoms with van der Waals surface area (Å²) in [6.07, 6.45) is 4.51. The van der Waals surface area contributed by atoms with Crippen LogP contribution in [0.25, 0.3) is 0 Å². The predicted octanol–water partition coefficient (Wildman–Crippen LogP) is 1.21. The lowest BCUT2D eigenvalue weighted by atomic mass is 10.0. The first-order valence-electron chi connectivity index (χ1n) is 8.89. The molecule has 0 aromatic carbocycles. The third kappa shape index (κ3) is 5.70. The van der Waals surface area contributed by atoms with Gasteiger partial charge in [0.2, 0.25) is 5.91 Å². The molecule has 0 bridgehead atoms. The molecule has 3 amide bonds. The van der Waals surface area contributed by atoms with Crippen LogP contribution in [0.4, 0.5) is 4.79 Å². The largest absolute Gasteiger partial charge is 0.338 e. The van der Waals surface area contributed by atoms with Crippen LogP contribution >= 0.6 is 0 Å². The molecule has 7 heteroatoms. The number of piperazine rings is 1. The molecule has 7 nitrogen and oxygen atoms in total. The van der Waals surface area contributed by atoms with E-state index < -0.39 is 5.54 Å². The van der Waals surface area contributed by atoms with E-state index in [1.54, 1.807) is 20.0 Å². The van der Waals surface area contributed by atoms with E-state index in [2.05, 4.69) is 26.6 Å². The van der Waals surface area contributed by atoms with Crippen molar-refractivity contribution < 1.29 is 9.59 Å². The number of carbonyl (C=O) groups is 2. The van der Waals surface area contributed by atoms with Gasteiger partial charge in [0.05, 0.1) is 0 Å². The Kier molecular flexibility index (Phi) is 6.75. The predicted molar refractivity (Wildman–Crippen MR) is 97.0 cm³/mol. The highest BCUT2D eigenvalue weighted by Crippen LogP contribution is 2.13. The number of amides is 3. The minimum atomic E-state index is -0.913. The number of carbonyl (C=O) groups excluding carboxylic acids is 2. The maximum absolute atomic E-state index is 12.7. The second-order valence-corrected chi connectivity index (χ2v) is 6.94. The normalized spacial score (nSPS) is 15.7. The van der Waals surface area contributed by atoms with Gasteiger partial charge in [0, 0.05) is 51.7 Å². The molecule has 0 atom stereocenters. The highest BCUT2D eigenvalue weighted by molar-refractivity contribution is 5.90. The van der Waals surface area contributed by atoms with Crippen molar-refractivity contribution in [1.29, 1.82) is 0 Å². The molecular formula is C18H29N5O2. The Labute approximate surface area is 149 Å². The Morgan fingerprint density at radius 2 is 1.96 bits per heavy atom. The molecule has 0 radical (unpaired) electrons. The van der Waals surface area contributed by atoms with Gasteiger partial charge in [-0.2, -0.15) is 0 Å². The fraction of sp³-hybridized carbons (Fsp3) is 0.611. The summed E-state index contributed by atoms with van der Waals surface area (Å²) in [5, 5.41) is 5.52. The molecule has 1 saturated heterocycles. The summed E-state index contributed by atoms with van der Waals surface area (Å²) in [5.41, 5.74) is 0.264. The first-order chi connectivity index (χ1) is 11.9. The Morgan fingerprint density at radius 3 is 2.56 bits per heavy atom. The molecule has 2 rings (SSSR count). The lowest BCUT2D eigenvalue weighted by Crippen LogP contribution is -2.60. The smallest absolute Gasteiger partial charge is 0.315 e. The van der Waals surface area contributed by atoms with Crippen LogP contribution < -0.4 is 10.6 Å². The third-order valence-electron chi connectivity index (χ3n) is 4.28. The molecule has 1 aliphatic rings. The highest BCUT2D eigenvalue weighted by atomic mass is 16.2. The molecule has 2 N–H and O–H groups in total. The third-order valence-corrected chi connectivity index (χ3v) is 4.28. The zero-order chi connectivity index (χ0) is 18.3. The zero-order valence-corrected chi connectivity index (χ0v) is 15.4. The van der Waals surface area contributed by atoms with Gasteiger partial charge in [0.25, 0.3) is 0 Å². The molecule has 0 unspecified atom stereocenters. The van der Waals surface area contributed by atoms with E-state index in [0.717, 1.165) is 26.1 Å². The van der Waals surface area contributed by atoms with Gasteiger partial charge in [-0.25, -0.2) is 4.79 Å². The summed E-state index contributed by atoms with van der Waals surface area (Å²) >= 11 is 0. The van der Waals surface area contributed by atoms with Crippen molar-refractivity contribution in [1.82, 2.24) is 25.4 Å². The monoisotopic (exact) mass is 347 g/mol. The Balaban J connectivity index is 1.82. The maximum Gasteiger partial charge on any atom is 0.315 e. The molecule has 25 heavy (non-hydrogen) atoms. The standard InChI is InChI=1S/C18H29N5O2/c1-4-7-20-17(25)21-18(2,3)16(24)23-11-9-22(10-12-23)14-15-6-5-8-19-13-15/h5-6,8,13H,4,7,9-12,14H2,1-3H3,(H2,20,21,25). The summed E-state index contributed by atoms with van der Waals surface area (Å²) < 4.78 is 0. The van der Waals surface area contributed by atoms with Crippen molar-refractivity contribution in [3.05, 3.63) is 30.1 Å². The van der Waals surface area contributed by atoms with Gasteiger partial charge in [-0.15, -0.1) is 0 Å². The van der Waals surface area contributed by atoms with Crippen LogP contribution in [0.5, 0.6) is 0 Å². The van der Waals surface area contributed by atoms with Crippen LogP contribution in [0.3, 0.4) is 0 Å². The van der Waals surface area contributed by atoms with E-state index in [0.29, 0.717) is 19.6 Å². The van der Waals surface area contributed by atoms with Crippen LogP contribution in [-0.2, 0) is 11.3 Å². The van der Waals surface area contributed by atoms with Crippen molar-refractivity contribution in [3.63, 3.8) is 0 Å². The van der Waals surface area contributed by atoms with Gasteiger partial charge in [0.15, 0.2) is 0 Å². The van der Waals surface area contributed by atoms with E-state index in [9.17, 15) is 9.59 Å². The first-order valence-corrected chi connectivity index (χ1v) is 8.89. The van der Waals surface area contributed by atoms with Crippen LogP contribution in [0.2, 0.25) is 0 Å². The summed E-state index contributed by atoms with van der Waals surface area (Å²) in [6.45, 7) is 9.91. The fourth-order valence-electron chi connectivity index (χ4n) is 2.87. The van der Waals surface area contributed by atoms with Crippen LogP contribution in [-0.4, -0.2) is 65.0 Å². The Morgan fingerprint density at radius 1 is 1.24 bits per heavy atom. The topological polar surface area (TPSA) is 77.6 Å². The Hall–Kier alpha value is -2.15. The van der Waals surface area contributed by atoms with Gasteiger partial charge >= 0.3 is 6.03 Å². The molecule has 0 aliphatic carbocycles. The van der Waals surface area contributed by atoms with Crippen LogP contribution in [0, 0.1) is 0 Å². The summed E-state index contributed by atoms with van der Waals surface area (Å²) in [4.78, 5) is 32.9. The lowest BCUT2D eigenvalue weighted by molar-refractivity contribution is -0.138. The van der Waals surface area contributed by atoms with E-state index >= 15 is 0 Å². The molecular weight excluding hydrogens is 318 g/mol. The average molecular weight is 347 g/mol. The maximum atomic E-state index is 12.7. The summed E-state index contributed by atoms with van der Waals surface area (Å²) in [7, 11) is 0. The second-order valence-electron chi connectivity index (χ2n) is 6.94. The fourth-order valence-corrected chi connectivity index (χ4v) is 2.87. The molecule has 138 valence electrons. The first kappa shape index (κ1) is 19.2. The number of pyridine rings is 1. The second kappa shape index (κ2) is 8.80. The molecule has 2 heterocycles. The molecule has 1 aliphatic heterocycles. The number of rotatable bonds is 6. The van der Waals surface area contributed by atoms with Gasteiger partial charge in [-0.1, -0.05) is 13.0 Å². The molecule has 0 saturated carbocycles. The quantitative estimate of drug-likeness (QED) is 0.811. The molecule has 1 aromatic rings. The summed E-state index contributed by atoms with van der Waals surface area (Å²) in [5.74, 6) is -0.0415. The molecule has 0 spiro atoms. The zero-order valence-electron chi connectivity index (χ0n) is 15.4. The number of nitrogens with zero attached hydrogens (tertiary/aromatic N) is 3. The minimum absolute atomic E-state index is 0.0415. The van der Waals surface area contributed by atoms with Crippen molar-refractivity contribution in [2.75, 3.05) is 32.7 Å². The highest BCUT2D eigenvalue weighted by Gasteiger charge is 2.34. The summed E-state index contributed by atoms with van der Waals surface area (Å²) in [6, 6.07) is 3.70. The van der Waals surface area contributed by atoms with Crippen molar-refractivity contribution in [2.45, 2.75) is 39.3 Å². The lowest BCUT2D eigenvalue weighted by Gasteiger charge is -2.38. The molecule has 1 fully saturated rings. The van der Waals surface area contributed by atoms with E-state index in [1.165, 1.54) is 5.56 Å². The molecule has 1 aromatic heterocycles. The van der Waals surface area contributed by atoms with Crippen LogP contribution in [0.15, 0.2) is 24.5 Å². The SMILES string of the molecule is CCCNC(=O)NC(C)(C)C(=O)N1CCN(Cc2cccnc2)CC1. The number of hydrogen-bond acceptors (Lipinski definition) is 4. The minimum Gasteiger partial charge on any atom is -0.338 e. The van der Waals surface area contributed by atoms with Gasteiger partial charge in [-0.3, -0.25) is 14.7 Å². The van der Waals surface area contributed by atoms with Gasteiger partial charge < -0.3 is 15.5 Å². The number of aromatic nitrogens is 1. The average Bonchev–Trinajstić information content (AvgIpc) is 2.60.